The first kappa shape index (κ1) is 20.2. The maximum atomic E-state index is 12.5. The quantitative estimate of drug-likeness (QED) is 0.541. The zero-order chi connectivity index (χ0) is 20.1. The number of benzene rings is 1. The van der Waals surface area contributed by atoms with Crippen LogP contribution in [0.25, 0.3) is 11.4 Å². The van der Waals surface area contributed by atoms with Crippen molar-refractivity contribution < 1.29 is 9.21 Å². The van der Waals surface area contributed by atoms with Crippen LogP contribution in [0, 0.1) is 20.8 Å². The van der Waals surface area contributed by atoms with Crippen LogP contribution in [0.5, 0.6) is 0 Å². The number of aryl methyl sites for hydroxylation is 2. The third-order valence-electron chi connectivity index (χ3n) is 4.76. The van der Waals surface area contributed by atoms with E-state index in [1.54, 1.807) is 6.26 Å². The second-order valence-corrected chi connectivity index (χ2v) is 7.73. The maximum absolute atomic E-state index is 12.5. The minimum atomic E-state index is -0.0511. The molecule has 0 radical (unpaired) electrons. The van der Waals surface area contributed by atoms with Crippen LogP contribution in [0.2, 0.25) is 0 Å². The fourth-order valence-corrected chi connectivity index (χ4v) is 3.70. The van der Waals surface area contributed by atoms with Gasteiger partial charge >= 0.3 is 0 Å². The molecule has 1 amide bonds. The number of hydrogen-bond acceptors (Lipinski definition) is 5. The van der Waals surface area contributed by atoms with Crippen LogP contribution in [0.15, 0.2) is 40.1 Å². The van der Waals surface area contributed by atoms with Crippen LogP contribution in [-0.2, 0) is 11.3 Å². The Morgan fingerprint density at radius 2 is 2.04 bits per heavy atom. The highest BCUT2D eigenvalue weighted by atomic mass is 32.2. The summed E-state index contributed by atoms with van der Waals surface area (Å²) in [7, 11) is 0. The molecular weight excluding hydrogens is 372 g/mol. The molecule has 0 atom stereocenters. The van der Waals surface area contributed by atoms with Gasteiger partial charge in [-0.15, -0.1) is 10.2 Å². The Morgan fingerprint density at radius 1 is 1.21 bits per heavy atom. The molecule has 0 unspecified atom stereocenters. The van der Waals surface area contributed by atoms with E-state index < -0.39 is 0 Å². The molecule has 1 N–H and O–H groups in total. The molecule has 3 aromatic rings. The minimum absolute atomic E-state index is 0.0511. The Labute approximate surface area is 169 Å². The average Bonchev–Trinajstić information content (AvgIpc) is 3.27. The van der Waals surface area contributed by atoms with E-state index in [0.29, 0.717) is 0 Å². The molecule has 0 aliphatic carbocycles. The van der Waals surface area contributed by atoms with Gasteiger partial charge in [0.15, 0.2) is 11.0 Å². The minimum Gasteiger partial charge on any atom is -0.469 e. The number of thioether (sulfide) groups is 1. The predicted molar refractivity (Wildman–Crippen MR) is 113 cm³/mol. The van der Waals surface area contributed by atoms with Gasteiger partial charge in [-0.25, -0.2) is 0 Å². The molecule has 0 spiro atoms. The number of nitrogens with zero attached hydrogens (tertiary/aromatic N) is 3. The number of carbonyl (C=O) groups excluding carboxylic acids is 1. The molecule has 28 heavy (non-hydrogen) atoms. The largest absolute Gasteiger partial charge is 0.469 e. The van der Waals surface area contributed by atoms with Crippen molar-refractivity contribution in [3.63, 3.8) is 0 Å². The first-order valence-corrected chi connectivity index (χ1v) is 10.5. The van der Waals surface area contributed by atoms with E-state index in [4.69, 9.17) is 4.42 Å². The Kier molecular flexibility index (Phi) is 6.57. The second-order valence-electron chi connectivity index (χ2n) is 6.79. The number of nitrogens with one attached hydrogen (secondary N) is 1. The van der Waals surface area contributed by atoms with E-state index in [1.807, 2.05) is 45.0 Å². The van der Waals surface area contributed by atoms with E-state index in [1.165, 1.54) is 11.8 Å². The van der Waals surface area contributed by atoms with Crippen molar-refractivity contribution in [3.8, 4) is 11.4 Å². The number of anilines is 1. The highest BCUT2D eigenvalue weighted by Crippen LogP contribution is 2.28. The third kappa shape index (κ3) is 4.47. The van der Waals surface area contributed by atoms with Crippen LogP contribution in [0.1, 0.15) is 36.7 Å². The summed E-state index contributed by atoms with van der Waals surface area (Å²) in [6, 6.07) is 7.82. The zero-order valence-electron chi connectivity index (χ0n) is 16.8. The normalized spacial score (nSPS) is 11.0. The molecule has 1 aromatic carbocycles. The SMILES string of the molecule is CCCCn1c(SCC(=O)Nc2cccc(C)c2C)nnc1-c1ccoc1C. The van der Waals surface area contributed by atoms with E-state index in [0.717, 1.165) is 58.5 Å². The van der Waals surface area contributed by atoms with Crippen molar-refractivity contribution in [2.75, 3.05) is 11.1 Å². The Morgan fingerprint density at radius 3 is 2.75 bits per heavy atom. The van der Waals surface area contributed by atoms with Crippen molar-refractivity contribution >= 4 is 23.4 Å². The van der Waals surface area contributed by atoms with Gasteiger partial charge in [0.25, 0.3) is 0 Å². The molecule has 0 aliphatic heterocycles. The summed E-state index contributed by atoms with van der Waals surface area (Å²) in [4.78, 5) is 12.5. The van der Waals surface area contributed by atoms with E-state index >= 15 is 0 Å². The summed E-state index contributed by atoms with van der Waals surface area (Å²) in [5.41, 5.74) is 4.04. The summed E-state index contributed by atoms with van der Waals surface area (Å²) < 4.78 is 7.50. The standard InChI is InChI=1S/C21H26N4O2S/c1-5-6-11-25-20(17-10-12-27-16(17)4)23-24-21(25)28-13-19(26)22-18-9-7-8-14(2)15(18)3/h7-10,12H,5-6,11,13H2,1-4H3,(H,22,26). The Bertz CT molecular complexity index is 961. The fourth-order valence-electron chi connectivity index (χ4n) is 2.93. The molecule has 2 heterocycles. The molecule has 0 bridgehead atoms. The van der Waals surface area contributed by atoms with Crippen LogP contribution in [0.3, 0.4) is 0 Å². The van der Waals surface area contributed by atoms with Gasteiger partial charge in [0.1, 0.15) is 5.76 Å². The molecule has 3 rings (SSSR count). The van der Waals surface area contributed by atoms with Crippen molar-refractivity contribution in [3.05, 3.63) is 47.4 Å². The lowest BCUT2D eigenvalue weighted by Crippen LogP contribution is -2.15. The van der Waals surface area contributed by atoms with E-state index in [-0.39, 0.29) is 11.7 Å². The van der Waals surface area contributed by atoms with Crippen molar-refractivity contribution in [1.82, 2.24) is 14.8 Å². The number of carbonyl (C=O) groups is 1. The van der Waals surface area contributed by atoms with Crippen molar-refractivity contribution in [2.45, 2.75) is 52.2 Å². The van der Waals surface area contributed by atoms with E-state index in [9.17, 15) is 4.79 Å². The van der Waals surface area contributed by atoms with Gasteiger partial charge in [-0.2, -0.15) is 0 Å². The zero-order valence-corrected chi connectivity index (χ0v) is 17.6. The summed E-state index contributed by atoms with van der Waals surface area (Å²) >= 11 is 1.41. The van der Waals surface area contributed by atoms with Crippen LogP contribution in [-0.4, -0.2) is 26.4 Å². The van der Waals surface area contributed by atoms with Gasteiger partial charge in [-0.3, -0.25) is 4.79 Å². The first-order chi connectivity index (χ1) is 13.5. The highest BCUT2D eigenvalue weighted by Gasteiger charge is 2.18. The number of rotatable bonds is 8. The summed E-state index contributed by atoms with van der Waals surface area (Å²) in [5.74, 6) is 1.83. The molecule has 0 fully saturated rings. The van der Waals surface area contributed by atoms with Crippen LogP contribution < -0.4 is 5.32 Å². The van der Waals surface area contributed by atoms with E-state index in [2.05, 4.69) is 27.0 Å². The van der Waals surface area contributed by atoms with Gasteiger partial charge in [0.2, 0.25) is 5.91 Å². The Hall–Kier alpha value is -2.54. The number of furan rings is 1. The third-order valence-corrected chi connectivity index (χ3v) is 5.73. The molecule has 148 valence electrons. The second kappa shape index (κ2) is 9.10. The van der Waals surface area contributed by atoms with Crippen molar-refractivity contribution in [1.29, 1.82) is 0 Å². The van der Waals surface area contributed by atoms with Crippen molar-refractivity contribution in [2.24, 2.45) is 0 Å². The number of hydrogen-bond donors (Lipinski definition) is 1. The molecule has 0 saturated carbocycles. The fraction of sp³-hybridized carbons (Fsp3) is 0.381. The average molecular weight is 399 g/mol. The monoisotopic (exact) mass is 398 g/mol. The smallest absolute Gasteiger partial charge is 0.234 e. The molecule has 0 saturated heterocycles. The first-order valence-electron chi connectivity index (χ1n) is 9.47. The van der Waals surface area contributed by atoms with Gasteiger partial charge in [-0.1, -0.05) is 37.2 Å². The lowest BCUT2D eigenvalue weighted by molar-refractivity contribution is -0.113. The molecule has 6 nitrogen and oxygen atoms in total. The number of amides is 1. The van der Waals surface area contributed by atoms with Gasteiger partial charge in [-0.05, 0) is 50.5 Å². The highest BCUT2D eigenvalue weighted by molar-refractivity contribution is 7.99. The summed E-state index contributed by atoms with van der Waals surface area (Å²) in [6.07, 6.45) is 3.75. The molecule has 7 heteroatoms. The van der Waals surface area contributed by atoms with Crippen LogP contribution >= 0.6 is 11.8 Å². The molecular formula is C21H26N4O2S. The molecule has 2 aromatic heterocycles. The predicted octanol–water partition coefficient (Wildman–Crippen LogP) is 4.99. The summed E-state index contributed by atoms with van der Waals surface area (Å²) in [6.45, 7) is 8.93. The van der Waals surface area contributed by atoms with Gasteiger partial charge < -0.3 is 14.3 Å². The lowest BCUT2D eigenvalue weighted by Gasteiger charge is -2.11. The van der Waals surface area contributed by atoms with Gasteiger partial charge in [0.05, 0.1) is 17.6 Å². The summed E-state index contributed by atoms with van der Waals surface area (Å²) in [5, 5.41) is 12.4. The van der Waals surface area contributed by atoms with Crippen LogP contribution in [0.4, 0.5) is 5.69 Å². The number of unbranched alkanes of at least 4 members (excludes halogenated alkanes) is 1. The maximum Gasteiger partial charge on any atom is 0.234 e. The topological polar surface area (TPSA) is 73.0 Å². The molecule has 0 aliphatic rings. The lowest BCUT2D eigenvalue weighted by atomic mass is 10.1. The Balaban J connectivity index is 1.73. The number of aromatic nitrogens is 3. The van der Waals surface area contributed by atoms with Gasteiger partial charge in [0, 0.05) is 12.2 Å².